The smallest absolute Gasteiger partial charge is 0.258 e. The summed E-state index contributed by atoms with van der Waals surface area (Å²) in [6.07, 6.45) is 0. The van der Waals surface area contributed by atoms with E-state index in [2.05, 4.69) is 37.2 Å². The Balaban J connectivity index is 1.50. The molecule has 132 valence electrons. The van der Waals surface area contributed by atoms with Gasteiger partial charge < -0.3 is 9.09 Å². The Hall–Kier alpha value is -2.16. The minimum Gasteiger partial charge on any atom is -0.334 e. The maximum absolute atomic E-state index is 6.01. The average molecular weight is 404 g/mol. The van der Waals surface area contributed by atoms with Gasteiger partial charge in [-0.15, -0.1) is 10.2 Å². The maximum atomic E-state index is 6.01. The molecule has 0 amide bonds. The second-order valence-electron chi connectivity index (χ2n) is 5.38. The molecule has 9 heteroatoms. The van der Waals surface area contributed by atoms with Gasteiger partial charge in [0.05, 0.1) is 5.75 Å². The van der Waals surface area contributed by atoms with E-state index in [1.165, 1.54) is 11.8 Å². The topological polar surface area (TPSA) is 69.6 Å². The first-order chi connectivity index (χ1) is 12.7. The molecule has 26 heavy (non-hydrogen) atoms. The molecule has 6 nitrogen and oxygen atoms in total. The fourth-order valence-corrected chi connectivity index (χ4v) is 4.14. The molecule has 0 unspecified atom stereocenters. The number of thioether (sulfide) groups is 1. The summed E-state index contributed by atoms with van der Waals surface area (Å²) < 4.78 is 7.43. The first-order valence-corrected chi connectivity index (χ1v) is 10.2. The molecule has 0 radical (unpaired) electrons. The van der Waals surface area contributed by atoms with Crippen molar-refractivity contribution in [1.82, 2.24) is 24.9 Å². The highest BCUT2D eigenvalue weighted by molar-refractivity contribution is 7.98. The van der Waals surface area contributed by atoms with Crippen LogP contribution < -0.4 is 0 Å². The summed E-state index contributed by atoms with van der Waals surface area (Å²) in [5, 5.41) is 18.3. The third-order valence-corrected chi connectivity index (χ3v) is 5.56. The van der Waals surface area contributed by atoms with Gasteiger partial charge in [-0.25, -0.2) is 0 Å². The van der Waals surface area contributed by atoms with Crippen molar-refractivity contribution >= 4 is 34.7 Å². The lowest BCUT2D eigenvalue weighted by atomic mass is 10.2. The van der Waals surface area contributed by atoms with Gasteiger partial charge in [0.25, 0.3) is 5.89 Å². The van der Waals surface area contributed by atoms with E-state index < -0.39 is 0 Å². The van der Waals surface area contributed by atoms with Gasteiger partial charge in [0.1, 0.15) is 0 Å². The largest absolute Gasteiger partial charge is 0.334 e. The number of hydrogen-bond acceptors (Lipinski definition) is 7. The van der Waals surface area contributed by atoms with Crippen LogP contribution >= 0.6 is 34.7 Å². The van der Waals surface area contributed by atoms with Crippen LogP contribution in [0, 0.1) is 0 Å². The fraction of sp³-hybridized carbons (Fsp3) is 0.176. The standard InChI is InChI=1S/C17H14ClN5OS2/c1-2-23-15(12-6-7-25-9-12)20-21-17(23)26-10-14-19-16(24-22-14)11-4-3-5-13(18)8-11/h3-9H,2,10H2,1H3. The van der Waals surface area contributed by atoms with Crippen LogP contribution in [0.3, 0.4) is 0 Å². The van der Waals surface area contributed by atoms with Crippen LogP contribution in [0.2, 0.25) is 5.02 Å². The summed E-state index contributed by atoms with van der Waals surface area (Å²) in [6.45, 7) is 2.87. The highest BCUT2D eigenvalue weighted by atomic mass is 35.5. The molecule has 0 saturated carbocycles. The number of nitrogens with zero attached hydrogens (tertiary/aromatic N) is 5. The summed E-state index contributed by atoms with van der Waals surface area (Å²) >= 11 is 9.19. The highest BCUT2D eigenvalue weighted by Gasteiger charge is 2.15. The van der Waals surface area contributed by atoms with E-state index in [9.17, 15) is 0 Å². The normalized spacial score (nSPS) is 11.2. The van der Waals surface area contributed by atoms with Gasteiger partial charge in [0.15, 0.2) is 16.8 Å². The minimum atomic E-state index is 0.457. The van der Waals surface area contributed by atoms with Crippen molar-refractivity contribution in [3.63, 3.8) is 0 Å². The lowest BCUT2D eigenvalue weighted by molar-refractivity contribution is 0.425. The number of hydrogen-bond donors (Lipinski definition) is 0. The number of halogens is 1. The van der Waals surface area contributed by atoms with Gasteiger partial charge in [-0.05, 0) is 36.6 Å². The number of thiophene rings is 1. The average Bonchev–Trinajstić information content (AvgIpc) is 3.39. The van der Waals surface area contributed by atoms with E-state index in [4.69, 9.17) is 16.1 Å². The van der Waals surface area contributed by atoms with Crippen LogP contribution in [0.25, 0.3) is 22.8 Å². The van der Waals surface area contributed by atoms with E-state index in [-0.39, 0.29) is 0 Å². The molecule has 4 aromatic rings. The van der Waals surface area contributed by atoms with Crippen molar-refractivity contribution in [1.29, 1.82) is 0 Å². The van der Waals surface area contributed by atoms with Gasteiger partial charge in [-0.2, -0.15) is 16.3 Å². The maximum Gasteiger partial charge on any atom is 0.258 e. The zero-order valence-electron chi connectivity index (χ0n) is 13.8. The molecule has 0 N–H and O–H groups in total. The molecular formula is C17H14ClN5OS2. The molecule has 0 spiro atoms. The summed E-state index contributed by atoms with van der Waals surface area (Å²) in [5.41, 5.74) is 1.89. The predicted octanol–water partition coefficient (Wildman–Crippen LogP) is 5.02. The molecule has 0 bridgehead atoms. The molecule has 0 aliphatic rings. The third kappa shape index (κ3) is 3.53. The Kier molecular flexibility index (Phi) is 5.05. The van der Waals surface area contributed by atoms with Crippen LogP contribution in [0.1, 0.15) is 12.7 Å². The highest BCUT2D eigenvalue weighted by Crippen LogP contribution is 2.28. The Morgan fingerprint density at radius 3 is 2.92 bits per heavy atom. The second-order valence-corrected chi connectivity index (χ2v) is 7.54. The number of aromatic nitrogens is 5. The minimum absolute atomic E-state index is 0.457. The van der Waals surface area contributed by atoms with Crippen molar-refractivity contribution in [3.05, 3.63) is 51.9 Å². The first-order valence-electron chi connectivity index (χ1n) is 7.91. The summed E-state index contributed by atoms with van der Waals surface area (Å²) in [4.78, 5) is 4.44. The SMILES string of the molecule is CCn1c(SCc2noc(-c3cccc(Cl)c3)n2)nnc1-c1ccsc1. The molecule has 4 rings (SSSR count). The molecular weight excluding hydrogens is 390 g/mol. The van der Waals surface area contributed by atoms with Crippen molar-refractivity contribution < 1.29 is 4.52 Å². The number of benzene rings is 1. The summed E-state index contributed by atoms with van der Waals surface area (Å²) in [7, 11) is 0. The molecule has 0 saturated heterocycles. The molecule has 0 fully saturated rings. The van der Waals surface area contributed by atoms with Crippen molar-refractivity contribution in [2.75, 3.05) is 0 Å². The van der Waals surface area contributed by atoms with Crippen LogP contribution in [-0.4, -0.2) is 24.9 Å². The van der Waals surface area contributed by atoms with E-state index in [0.717, 1.165) is 28.7 Å². The second kappa shape index (κ2) is 7.61. The van der Waals surface area contributed by atoms with Crippen molar-refractivity contribution in [3.8, 4) is 22.8 Å². The van der Waals surface area contributed by atoms with Crippen LogP contribution in [0.5, 0.6) is 0 Å². The zero-order chi connectivity index (χ0) is 17.9. The van der Waals surface area contributed by atoms with E-state index in [0.29, 0.717) is 22.5 Å². The third-order valence-electron chi connectivity index (χ3n) is 3.68. The number of rotatable bonds is 6. The van der Waals surface area contributed by atoms with E-state index in [1.54, 1.807) is 23.5 Å². The Morgan fingerprint density at radius 1 is 1.23 bits per heavy atom. The Labute approximate surface area is 163 Å². The summed E-state index contributed by atoms with van der Waals surface area (Å²) in [5.74, 6) is 2.49. The van der Waals surface area contributed by atoms with Crippen LogP contribution in [0.4, 0.5) is 0 Å². The molecule has 1 aromatic carbocycles. The summed E-state index contributed by atoms with van der Waals surface area (Å²) in [6, 6.07) is 9.39. The molecule has 0 aliphatic carbocycles. The quantitative estimate of drug-likeness (QED) is 0.421. The van der Waals surface area contributed by atoms with Gasteiger partial charge in [0, 0.05) is 28.1 Å². The van der Waals surface area contributed by atoms with E-state index >= 15 is 0 Å². The predicted molar refractivity (Wildman–Crippen MR) is 103 cm³/mol. The fourth-order valence-electron chi connectivity index (χ4n) is 2.47. The lowest BCUT2D eigenvalue weighted by Crippen LogP contribution is -1.99. The van der Waals surface area contributed by atoms with Crippen LogP contribution in [-0.2, 0) is 12.3 Å². The van der Waals surface area contributed by atoms with Gasteiger partial charge in [0.2, 0.25) is 0 Å². The van der Waals surface area contributed by atoms with Crippen LogP contribution in [0.15, 0.2) is 50.8 Å². The molecule has 0 atom stereocenters. The molecule has 3 aromatic heterocycles. The van der Waals surface area contributed by atoms with E-state index in [1.807, 2.05) is 23.6 Å². The van der Waals surface area contributed by atoms with Gasteiger partial charge in [-0.1, -0.05) is 34.6 Å². The lowest BCUT2D eigenvalue weighted by Gasteiger charge is -2.04. The Morgan fingerprint density at radius 2 is 2.15 bits per heavy atom. The monoisotopic (exact) mass is 403 g/mol. The van der Waals surface area contributed by atoms with Crippen molar-refractivity contribution in [2.24, 2.45) is 0 Å². The van der Waals surface area contributed by atoms with Gasteiger partial charge in [-0.3, -0.25) is 0 Å². The van der Waals surface area contributed by atoms with Gasteiger partial charge >= 0.3 is 0 Å². The Bertz CT molecular complexity index is 1010. The first kappa shape index (κ1) is 17.3. The molecule has 0 aliphatic heterocycles. The zero-order valence-corrected chi connectivity index (χ0v) is 16.2. The van der Waals surface area contributed by atoms with Crippen molar-refractivity contribution in [2.45, 2.75) is 24.4 Å². The molecule has 3 heterocycles.